The van der Waals surface area contributed by atoms with Crippen LogP contribution in [0.1, 0.15) is 35.1 Å². The zero-order valence-electron chi connectivity index (χ0n) is 26.2. The Morgan fingerprint density at radius 1 is 0.870 bits per heavy atom. The van der Waals surface area contributed by atoms with Gasteiger partial charge in [0.2, 0.25) is 0 Å². The molecule has 2 aliphatic carbocycles. The standard InChI is InChI=1S/C34H37NO9S2/c1-21-5-10-24(11-6-21)45(37,38)42-19-33(20-43-46(39,40)25-12-7-22(2)8-13-25)18-26-27-17-23-9-14-28(41-4)30-29(23)34(26,15-16-35(27)3)32(44-30)31(33)36/h5-14,26-27,32H,15-20H2,1-4H3/t26-,27+,32-,34-/m0/s1. The zero-order valence-corrected chi connectivity index (χ0v) is 27.8. The number of hydrogen-bond acceptors (Lipinski definition) is 10. The number of ether oxygens (including phenoxy) is 2. The molecule has 244 valence electrons. The van der Waals surface area contributed by atoms with Gasteiger partial charge in [-0.2, -0.15) is 16.8 Å². The number of Topliss-reactive ketones (excluding diaryl/α,β-unsaturated/α-hetero) is 1. The maximum Gasteiger partial charge on any atom is 0.297 e. The molecule has 2 heterocycles. The van der Waals surface area contributed by atoms with Crippen molar-refractivity contribution in [2.75, 3.05) is 33.9 Å². The molecule has 46 heavy (non-hydrogen) atoms. The molecule has 1 saturated carbocycles. The van der Waals surface area contributed by atoms with Crippen LogP contribution >= 0.6 is 0 Å². The molecule has 0 radical (unpaired) electrons. The molecule has 12 heteroatoms. The average Bonchev–Trinajstić information content (AvgIpc) is 3.38. The first-order valence-electron chi connectivity index (χ1n) is 15.4. The molecule has 2 fully saturated rings. The van der Waals surface area contributed by atoms with Crippen LogP contribution in [-0.4, -0.2) is 73.6 Å². The Morgan fingerprint density at radius 2 is 1.43 bits per heavy atom. The number of benzene rings is 3. The molecular weight excluding hydrogens is 631 g/mol. The highest BCUT2D eigenvalue weighted by Crippen LogP contribution is 2.65. The van der Waals surface area contributed by atoms with Crippen LogP contribution in [-0.2, 0) is 45.2 Å². The van der Waals surface area contributed by atoms with Crippen molar-refractivity contribution in [3.63, 3.8) is 0 Å². The summed E-state index contributed by atoms with van der Waals surface area (Å²) < 4.78 is 77.3. The Bertz CT molecular complexity index is 1840. The lowest BCUT2D eigenvalue weighted by molar-refractivity contribution is -0.161. The molecule has 0 N–H and O–H groups in total. The summed E-state index contributed by atoms with van der Waals surface area (Å²) in [6.45, 7) is 3.22. The van der Waals surface area contributed by atoms with Crippen molar-refractivity contribution in [3.8, 4) is 11.5 Å². The highest BCUT2D eigenvalue weighted by Gasteiger charge is 2.71. The summed E-state index contributed by atoms with van der Waals surface area (Å²) in [4.78, 5) is 17.1. The number of likely N-dealkylation sites (N-methyl/N-ethyl adjacent to an activating group) is 1. The monoisotopic (exact) mass is 667 g/mol. The molecule has 0 amide bonds. The quantitative estimate of drug-likeness (QED) is 0.310. The van der Waals surface area contributed by atoms with E-state index < -0.39 is 56.2 Å². The highest BCUT2D eigenvalue weighted by molar-refractivity contribution is 7.87. The largest absolute Gasteiger partial charge is 0.493 e. The van der Waals surface area contributed by atoms with Gasteiger partial charge in [-0.05, 0) is 88.5 Å². The molecule has 4 aliphatic rings. The van der Waals surface area contributed by atoms with Crippen LogP contribution in [0.25, 0.3) is 0 Å². The van der Waals surface area contributed by atoms with E-state index in [1.807, 2.05) is 33.0 Å². The number of hydrogen-bond donors (Lipinski definition) is 0. The average molecular weight is 668 g/mol. The number of methoxy groups -OCH3 is 1. The van der Waals surface area contributed by atoms with E-state index in [0.29, 0.717) is 24.3 Å². The third-order valence-electron chi connectivity index (χ3n) is 10.6. The van der Waals surface area contributed by atoms with Crippen LogP contribution in [0, 0.1) is 25.2 Å². The maximum absolute atomic E-state index is 14.9. The van der Waals surface area contributed by atoms with Gasteiger partial charge in [0.15, 0.2) is 23.4 Å². The number of likely N-dealkylation sites (tertiary alicyclic amines) is 1. The zero-order chi connectivity index (χ0) is 32.6. The van der Waals surface area contributed by atoms with Crippen LogP contribution in [0.4, 0.5) is 0 Å². The van der Waals surface area contributed by atoms with Gasteiger partial charge in [-0.3, -0.25) is 13.2 Å². The van der Waals surface area contributed by atoms with Crippen LogP contribution in [0.3, 0.4) is 0 Å². The van der Waals surface area contributed by atoms with Gasteiger partial charge in [-0.15, -0.1) is 0 Å². The van der Waals surface area contributed by atoms with Gasteiger partial charge < -0.3 is 14.4 Å². The van der Waals surface area contributed by atoms with Crippen LogP contribution < -0.4 is 9.47 Å². The summed E-state index contributed by atoms with van der Waals surface area (Å²) >= 11 is 0. The second kappa shape index (κ2) is 10.9. The first-order valence-corrected chi connectivity index (χ1v) is 18.2. The molecule has 3 aromatic carbocycles. The lowest BCUT2D eigenvalue weighted by atomic mass is 9.47. The maximum atomic E-state index is 14.9. The molecule has 2 bridgehead atoms. The second-order valence-corrected chi connectivity index (χ2v) is 16.4. The van der Waals surface area contributed by atoms with Gasteiger partial charge in [-0.1, -0.05) is 41.5 Å². The molecule has 2 aliphatic heterocycles. The fraction of sp³-hybridized carbons (Fsp3) is 0.441. The molecule has 1 spiro atoms. The van der Waals surface area contributed by atoms with E-state index in [2.05, 4.69) is 4.90 Å². The predicted molar refractivity (Wildman–Crippen MR) is 168 cm³/mol. The van der Waals surface area contributed by atoms with E-state index in [1.165, 1.54) is 24.3 Å². The van der Waals surface area contributed by atoms with Crippen LogP contribution in [0.15, 0.2) is 70.5 Å². The number of rotatable bonds is 9. The molecule has 0 aromatic heterocycles. The van der Waals surface area contributed by atoms with Gasteiger partial charge >= 0.3 is 0 Å². The Hall–Kier alpha value is -3.29. The fourth-order valence-electron chi connectivity index (χ4n) is 8.07. The van der Waals surface area contributed by atoms with Gasteiger partial charge in [0.05, 0.1) is 35.5 Å². The van der Waals surface area contributed by atoms with Crippen molar-refractivity contribution in [1.82, 2.24) is 4.90 Å². The van der Waals surface area contributed by atoms with Gasteiger partial charge in [-0.25, -0.2) is 0 Å². The van der Waals surface area contributed by atoms with Crippen LogP contribution in [0.5, 0.6) is 11.5 Å². The number of piperidine rings is 1. The molecular formula is C34H37NO9S2. The lowest BCUT2D eigenvalue weighted by Crippen LogP contribution is -2.70. The molecule has 0 unspecified atom stereocenters. The SMILES string of the molecule is COc1ccc2c3c1O[C@H]1C(=O)C(COS(=O)(=O)c4ccc(C)cc4)(COS(=O)(=O)c4ccc(C)cc4)C[C@H]4[C@@H](C2)N(C)CC[C@]314. The molecule has 3 aromatic rings. The summed E-state index contributed by atoms with van der Waals surface area (Å²) in [5.41, 5.74) is 1.51. The van der Waals surface area contributed by atoms with Crippen molar-refractivity contribution in [1.29, 1.82) is 0 Å². The molecule has 10 nitrogen and oxygen atoms in total. The lowest BCUT2D eigenvalue weighted by Gasteiger charge is -2.60. The number of nitrogens with zero attached hydrogens (tertiary/aromatic N) is 1. The molecule has 4 atom stereocenters. The number of ketones is 1. The van der Waals surface area contributed by atoms with E-state index in [9.17, 15) is 21.6 Å². The predicted octanol–water partition coefficient (Wildman–Crippen LogP) is 3.96. The summed E-state index contributed by atoms with van der Waals surface area (Å²) in [6.07, 6.45) is 0.503. The smallest absolute Gasteiger partial charge is 0.297 e. The third-order valence-corrected chi connectivity index (χ3v) is 13.1. The number of carbonyl (C=O) groups is 1. The second-order valence-electron chi connectivity index (χ2n) is 13.2. The fourth-order valence-corrected chi connectivity index (χ4v) is 10.0. The first-order chi connectivity index (χ1) is 21.8. The summed E-state index contributed by atoms with van der Waals surface area (Å²) in [6, 6.07) is 16.3. The third kappa shape index (κ3) is 4.71. The van der Waals surface area contributed by atoms with Crippen molar-refractivity contribution in [2.45, 2.75) is 60.5 Å². The highest BCUT2D eigenvalue weighted by atomic mass is 32.2. The van der Waals surface area contributed by atoms with E-state index in [4.69, 9.17) is 17.8 Å². The molecule has 1 saturated heterocycles. The van der Waals surface area contributed by atoms with Gasteiger partial charge in [0, 0.05) is 17.0 Å². The van der Waals surface area contributed by atoms with Crippen molar-refractivity contribution in [2.24, 2.45) is 11.3 Å². The topological polar surface area (TPSA) is 126 Å². The normalized spacial score (nSPS) is 26.3. The van der Waals surface area contributed by atoms with Gasteiger partial charge in [0.1, 0.15) is 0 Å². The van der Waals surface area contributed by atoms with Crippen LogP contribution in [0.2, 0.25) is 0 Å². The first kappa shape index (κ1) is 31.3. The number of aryl methyl sites for hydroxylation is 2. The Morgan fingerprint density at radius 3 is 1.98 bits per heavy atom. The molecule has 7 rings (SSSR count). The minimum absolute atomic E-state index is 0.00146. The van der Waals surface area contributed by atoms with E-state index in [1.54, 1.807) is 31.4 Å². The van der Waals surface area contributed by atoms with Gasteiger partial charge in [0.25, 0.3) is 20.2 Å². The van der Waals surface area contributed by atoms with Crippen molar-refractivity contribution in [3.05, 3.63) is 82.9 Å². The van der Waals surface area contributed by atoms with Crippen molar-refractivity contribution >= 4 is 26.0 Å². The minimum atomic E-state index is -4.31. The Balaban J connectivity index is 1.31. The number of carbonyl (C=O) groups excluding carboxylic acids is 1. The summed E-state index contributed by atoms with van der Waals surface area (Å²) in [5.74, 6) is 0.444. The summed E-state index contributed by atoms with van der Waals surface area (Å²) in [7, 11) is -5.01. The minimum Gasteiger partial charge on any atom is -0.493 e. The van der Waals surface area contributed by atoms with E-state index >= 15 is 0 Å². The summed E-state index contributed by atoms with van der Waals surface area (Å²) in [5, 5.41) is 0. The Labute approximate surface area is 269 Å². The van der Waals surface area contributed by atoms with E-state index in [0.717, 1.165) is 28.8 Å². The Kier molecular flexibility index (Phi) is 7.41. The van der Waals surface area contributed by atoms with Crippen molar-refractivity contribution < 1.29 is 39.5 Å². The van der Waals surface area contributed by atoms with E-state index in [-0.39, 0.29) is 28.2 Å².